The van der Waals surface area contributed by atoms with Crippen molar-refractivity contribution in [2.24, 2.45) is 0 Å². The fraction of sp³-hybridized carbons (Fsp3) is 0.368. The molecule has 0 amide bonds. The smallest absolute Gasteiger partial charge is 0.319 e. The van der Waals surface area contributed by atoms with Crippen LogP contribution in [0.5, 0.6) is 0 Å². The standard InChI is InChI=1S/C19H18FN7O/c1-19(5-6-19)17-23-24-18(28-17)26-8-4-12-15(22-10-21-12)16(26)13-9-14-11(20)3-2-7-27(14)25-13/h2-3,7,9-10,16H,4-6,8H2,1H3,(H,21,22)/t16-/m1/s1. The van der Waals surface area contributed by atoms with Gasteiger partial charge in [-0.2, -0.15) is 5.10 Å². The summed E-state index contributed by atoms with van der Waals surface area (Å²) in [6, 6.07) is 4.96. The number of H-pyrrole nitrogens is 1. The molecule has 1 aliphatic carbocycles. The summed E-state index contributed by atoms with van der Waals surface area (Å²) >= 11 is 0. The first-order valence-electron chi connectivity index (χ1n) is 9.39. The zero-order valence-corrected chi connectivity index (χ0v) is 15.3. The van der Waals surface area contributed by atoms with Crippen molar-refractivity contribution in [3.63, 3.8) is 0 Å². The van der Waals surface area contributed by atoms with Crippen molar-refractivity contribution in [1.29, 1.82) is 0 Å². The molecule has 0 saturated heterocycles. The molecule has 5 heterocycles. The summed E-state index contributed by atoms with van der Waals surface area (Å²) in [4.78, 5) is 9.74. The van der Waals surface area contributed by atoms with Crippen LogP contribution >= 0.6 is 0 Å². The third-order valence-electron chi connectivity index (χ3n) is 5.85. The van der Waals surface area contributed by atoms with Gasteiger partial charge in [0.15, 0.2) is 0 Å². The van der Waals surface area contributed by atoms with Gasteiger partial charge in [-0.1, -0.05) is 12.0 Å². The molecule has 1 atom stereocenters. The number of aromatic nitrogens is 6. The molecule has 142 valence electrons. The summed E-state index contributed by atoms with van der Waals surface area (Å²) in [6.07, 6.45) is 6.32. The Morgan fingerprint density at radius 2 is 2.21 bits per heavy atom. The molecule has 0 unspecified atom stereocenters. The molecular weight excluding hydrogens is 361 g/mol. The maximum atomic E-state index is 14.2. The first-order valence-corrected chi connectivity index (χ1v) is 9.39. The third kappa shape index (κ3) is 2.22. The second-order valence-electron chi connectivity index (χ2n) is 7.82. The van der Waals surface area contributed by atoms with E-state index in [2.05, 4.69) is 32.2 Å². The zero-order valence-electron chi connectivity index (χ0n) is 15.3. The van der Waals surface area contributed by atoms with E-state index in [9.17, 15) is 4.39 Å². The highest BCUT2D eigenvalue weighted by atomic mass is 19.1. The lowest BCUT2D eigenvalue weighted by molar-refractivity contribution is 0.431. The van der Waals surface area contributed by atoms with Crippen LogP contribution in [0, 0.1) is 5.82 Å². The quantitative estimate of drug-likeness (QED) is 0.589. The number of nitrogens with zero attached hydrogens (tertiary/aromatic N) is 6. The molecule has 0 radical (unpaired) electrons. The minimum absolute atomic E-state index is 0.000244. The van der Waals surface area contributed by atoms with Crippen LogP contribution in [-0.4, -0.2) is 36.3 Å². The van der Waals surface area contributed by atoms with Crippen LogP contribution in [-0.2, 0) is 11.8 Å². The number of hydrogen-bond acceptors (Lipinski definition) is 6. The number of halogens is 1. The Bertz CT molecular complexity index is 1190. The summed E-state index contributed by atoms with van der Waals surface area (Å²) in [6.45, 7) is 2.81. The molecule has 9 heteroatoms. The van der Waals surface area contributed by atoms with E-state index in [1.54, 1.807) is 29.2 Å². The highest BCUT2D eigenvalue weighted by molar-refractivity contribution is 5.53. The third-order valence-corrected chi connectivity index (χ3v) is 5.85. The molecule has 4 aromatic heterocycles. The van der Waals surface area contributed by atoms with Gasteiger partial charge < -0.3 is 14.3 Å². The number of imidazole rings is 1. The largest absolute Gasteiger partial charge is 0.407 e. The van der Waals surface area contributed by atoms with E-state index in [0.29, 0.717) is 29.7 Å². The number of hydrogen-bond donors (Lipinski definition) is 1. The summed E-state index contributed by atoms with van der Waals surface area (Å²) in [7, 11) is 0. The fourth-order valence-electron chi connectivity index (χ4n) is 3.89. The molecule has 6 rings (SSSR count). The van der Waals surface area contributed by atoms with Crippen molar-refractivity contribution in [3.8, 4) is 0 Å². The lowest BCUT2D eigenvalue weighted by atomic mass is 10.0. The van der Waals surface area contributed by atoms with Gasteiger partial charge in [0, 0.05) is 30.3 Å². The molecule has 1 saturated carbocycles. The van der Waals surface area contributed by atoms with E-state index >= 15 is 0 Å². The molecule has 0 aromatic carbocycles. The van der Waals surface area contributed by atoms with Crippen molar-refractivity contribution >= 4 is 11.5 Å². The predicted molar refractivity (Wildman–Crippen MR) is 97.5 cm³/mol. The summed E-state index contributed by atoms with van der Waals surface area (Å²) in [5.74, 6) is 0.364. The van der Waals surface area contributed by atoms with Gasteiger partial charge in [0.25, 0.3) is 0 Å². The molecule has 0 bridgehead atoms. The van der Waals surface area contributed by atoms with E-state index in [0.717, 1.165) is 30.7 Å². The van der Waals surface area contributed by atoms with Crippen LogP contribution in [0.2, 0.25) is 0 Å². The predicted octanol–water partition coefficient (Wildman–Crippen LogP) is 2.78. The van der Waals surface area contributed by atoms with Gasteiger partial charge in [-0.3, -0.25) is 0 Å². The van der Waals surface area contributed by atoms with Gasteiger partial charge in [-0.15, -0.1) is 5.10 Å². The van der Waals surface area contributed by atoms with Crippen molar-refractivity contribution in [3.05, 3.63) is 59.5 Å². The normalized spacial score (nSPS) is 20.5. The van der Waals surface area contributed by atoms with E-state index < -0.39 is 0 Å². The van der Waals surface area contributed by atoms with E-state index in [-0.39, 0.29) is 17.3 Å². The van der Waals surface area contributed by atoms with Gasteiger partial charge >= 0.3 is 6.01 Å². The minimum atomic E-state index is -0.324. The van der Waals surface area contributed by atoms with Crippen molar-refractivity contribution in [1.82, 2.24) is 29.8 Å². The minimum Gasteiger partial charge on any atom is -0.407 e. The average Bonchev–Trinajstić information content (AvgIpc) is 3.16. The molecule has 28 heavy (non-hydrogen) atoms. The van der Waals surface area contributed by atoms with E-state index in [4.69, 9.17) is 4.42 Å². The zero-order chi connectivity index (χ0) is 18.9. The lowest BCUT2D eigenvalue weighted by Gasteiger charge is -2.32. The van der Waals surface area contributed by atoms with Gasteiger partial charge in [0.05, 0.1) is 17.7 Å². The second kappa shape index (κ2) is 5.40. The molecule has 4 aromatic rings. The maximum absolute atomic E-state index is 14.2. The highest BCUT2D eigenvalue weighted by Gasteiger charge is 2.45. The van der Waals surface area contributed by atoms with Crippen LogP contribution in [0.3, 0.4) is 0 Å². The van der Waals surface area contributed by atoms with Gasteiger partial charge in [-0.25, -0.2) is 13.9 Å². The Kier molecular flexibility index (Phi) is 3.05. The van der Waals surface area contributed by atoms with Crippen molar-refractivity contribution in [2.45, 2.75) is 37.6 Å². The second-order valence-corrected chi connectivity index (χ2v) is 7.82. The fourth-order valence-corrected chi connectivity index (χ4v) is 3.89. The van der Waals surface area contributed by atoms with Crippen LogP contribution < -0.4 is 4.90 Å². The van der Waals surface area contributed by atoms with Gasteiger partial charge in [0.1, 0.15) is 17.4 Å². The van der Waals surface area contributed by atoms with Crippen molar-refractivity contribution < 1.29 is 8.81 Å². The number of rotatable bonds is 3. The molecule has 1 fully saturated rings. The number of fused-ring (bicyclic) bond motifs is 2. The summed E-state index contributed by atoms with van der Waals surface area (Å²) < 4.78 is 21.8. The molecule has 1 aliphatic heterocycles. The van der Waals surface area contributed by atoms with Crippen LogP contribution in [0.25, 0.3) is 5.52 Å². The first-order chi connectivity index (χ1) is 13.6. The monoisotopic (exact) mass is 379 g/mol. The number of pyridine rings is 1. The maximum Gasteiger partial charge on any atom is 0.319 e. The van der Waals surface area contributed by atoms with E-state index in [1.165, 1.54) is 6.07 Å². The molecule has 8 nitrogen and oxygen atoms in total. The Morgan fingerprint density at radius 1 is 1.32 bits per heavy atom. The Labute approximate surface area is 159 Å². The molecule has 0 spiro atoms. The summed E-state index contributed by atoms with van der Waals surface area (Å²) in [5, 5.41) is 13.2. The van der Waals surface area contributed by atoms with Gasteiger partial charge in [-0.05, 0) is 31.0 Å². The number of anilines is 1. The van der Waals surface area contributed by atoms with Crippen LogP contribution in [0.1, 0.15) is 48.8 Å². The van der Waals surface area contributed by atoms with Crippen molar-refractivity contribution in [2.75, 3.05) is 11.4 Å². The Hall–Kier alpha value is -3.23. The summed E-state index contributed by atoms with van der Waals surface area (Å²) in [5.41, 5.74) is 3.02. The first kappa shape index (κ1) is 15.8. The van der Waals surface area contributed by atoms with Crippen LogP contribution in [0.4, 0.5) is 10.4 Å². The van der Waals surface area contributed by atoms with E-state index in [1.807, 2.05) is 4.90 Å². The molecule has 2 aliphatic rings. The Balaban J connectivity index is 1.48. The van der Waals surface area contributed by atoms with Crippen LogP contribution in [0.15, 0.2) is 35.1 Å². The molecular formula is C19H18FN7O. The number of nitrogens with one attached hydrogen (secondary N) is 1. The lowest BCUT2D eigenvalue weighted by Crippen LogP contribution is -2.37. The topological polar surface area (TPSA) is 88.1 Å². The van der Waals surface area contributed by atoms with Gasteiger partial charge in [0.2, 0.25) is 5.89 Å². The SMILES string of the molecule is CC1(c2nnc(N3CCc4[nH]cnc4[C@H]3c3cc4c(F)cccn4n3)o2)CC1. The number of aromatic amines is 1. The average molecular weight is 379 g/mol. The highest BCUT2D eigenvalue weighted by Crippen LogP contribution is 2.48. The molecule has 1 N–H and O–H groups in total. The Morgan fingerprint density at radius 3 is 3.04 bits per heavy atom.